The lowest BCUT2D eigenvalue weighted by Crippen LogP contribution is -2.19. The van der Waals surface area contributed by atoms with Gasteiger partial charge in [0.15, 0.2) is 0 Å². The van der Waals surface area contributed by atoms with Crippen molar-refractivity contribution in [2.24, 2.45) is 5.73 Å². The van der Waals surface area contributed by atoms with Crippen LogP contribution in [0.25, 0.3) is 38.8 Å². The van der Waals surface area contributed by atoms with Gasteiger partial charge in [0.1, 0.15) is 17.8 Å². The molecule has 2 aromatic heterocycles. The first-order chi connectivity index (χ1) is 16.9. The summed E-state index contributed by atoms with van der Waals surface area (Å²) in [5, 5.41) is 10.5. The predicted octanol–water partition coefficient (Wildman–Crippen LogP) is 4.13. The van der Waals surface area contributed by atoms with Gasteiger partial charge in [-0.1, -0.05) is 30.3 Å². The molecule has 0 saturated carbocycles. The Bertz CT molecular complexity index is 1750. The fraction of sp³-hybridized carbons (Fsp3) is 0.0714. The lowest BCUT2D eigenvalue weighted by Gasteiger charge is -2.17. The van der Waals surface area contributed by atoms with E-state index in [0.29, 0.717) is 23.0 Å². The highest BCUT2D eigenvalue weighted by atomic mass is 16.3. The van der Waals surface area contributed by atoms with Crippen LogP contribution < -0.4 is 11.3 Å². The summed E-state index contributed by atoms with van der Waals surface area (Å²) in [5.74, 6) is -0.433. The molecule has 0 unspecified atom stereocenters. The van der Waals surface area contributed by atoms with Gasteiger partial charge in [0.25, 0.3) is 11.5 Å². The first-order valence-electron chi connectivity index (χ1n) is 11.1. The molecule has 6 rings (SSSR count). The number of pyridine rings is 1. The van der Waals surface area contributed by atoms with Crippen molar-refractivity contribution in [3.8, 4) is 33.7 Å². The topological polar surface area (TPSA) is 111 Å². The predicted molar refractivity (Wildman–Crippen MR) is 134 cm³/mol. The van der Waals surface area contributed by atoms with Crippen LogP contribution in [0.5, 0.6) is 5.75 Å². The molecule has 2 heterocycles. The Morgan fingerprint density at radius 3 is 2.66 bits per heavy atom. The van der Waals surface area contributed by atoms with Crippen LogP contribution in [0.4, 0.5) is 0 Å². The highest BCUT2D eigenvalue weighted by Crippen LogP contribution is 2.45. The summed E-state index contributed by atoms with van der Waals surface area (Å²) >= 11 is 0. The van der Waals surface area contributed by atoms with Crippen molar-refractivity contribution >= 4 is 16.8 Å². The zero-order valence-corrected chi connectivity index (χ0v) is 18.8. The molecule has 5 aromatic rings. The van der Waals surface area contributed by atoms with Crippen LogP contribution in [0.15, 0.2) is 78.0 Å². The maximum Gasteiger partial charge on any atom is 0.267 e. The second-order valence-electron chi connectivity index (χ2n) is 8.64. The molecule has 7 nitrogen and oxygen atoms in total. The average molecular weight is 460 g/mol. The van der Waals surface area contributed by atoms with Crippen molar-refractivity contribution in [1.82, 2.24) is 14.5 Å². The van der Waals surface area contributed by atoms with Crippen LogP contribution in [0, 0.1) is 6.92 Å². The molecule has 170 valence electrons. The Kier molecular flexibility index (Phi) is 4.54. The lowest BCUT2D eigenvalue weighted by atomic mass is 9.92. The number of primary amides is 1. The molecule has 3 aromatic carbocycles. The van der Waals surface area contributed by atoms with Gasteiger partial charge in [0.2, 0.25) is 0 Å². The molecule has 0 spiro atoms. The second kappa shape index (κ2) is 7.63. The molecule has 3 N–H and O–H groups in total. The second-order valence-corrected chi connectivity index (χ2v) is 8.64. The summed E-state index contributed by atoms with van der Waals surface area (Å²) in [4.78, 5) is 34.3. The Morgan fingerprint density at radius 1 is 1.00 bits per heavy atom. The number of carbonyl (C=O) groups excluding carboxylic acids is 1. The summed E-state index contributed by atoms with van der Waals surface area (Å²) in [6, 6.07) is 18.2. The Morgan fingerprint density at radius 2 is 1.83 bits per heavy atom. The van der Waals surface area contributed by atoms with Crippen LogP contribution in [0.2, 0.25) is 0 Å². The molecule has 0 saturated heterocycles. The Balaban J connectivity index is 1.60. The molecular weight excluding hydrogens is 440 g/mol. The minimum absolute atomic E-state index is 0.149. The lowest BCUT2D eigenvalue weighted by molar-refractivity contribution is 0.0995. The number of hydrogen-bond donors (Lipinski definition) is 2. The van der Waals surface area contributed by atoms with Crippen molar-refractivity contribution in [2.45, 2.75) is 13.3 Å². The van der Waals surface area contributed by atoms with Crippen LogP contribution in [-0.2, 0) is 6.42 Å². The number of fused-ring (bicyclic) bond motifs is 4. The van der Waals surface area contributed by atoms with E-state index in [9.17, 15) is 14.7 Å². The van der Waals surface area contributed by atoms with Gasteiger partial charge in [0.05, 0.1) is 16.6 Å². The Labute approximate surface area is 200 Å². The molecule has 0 radical (unpaired) electrons. The zero-order chi connectivity index (χ0) is 24.3. The third kappa shape index (κ3) is 3.13. The number of rotatable bonds is 3. The smallest absolute Gasteiger partial charge is 0.267 e. The molecule has 0 atom stereocenters. The van der Waals surface area contributed by atoms with Gasteiger partial charge in [-0.05, 0) is 70.6 Å². The van der Waals surface area contributed by atoms with E-state index >= 15 is 0 Å². The van der Waals surface area contributed by atoms with Crippen molar-refractivity contribution in [2.75, 3.05) is 0 Å². The van der Waals surface area contributed by atoms with E-state index in [-0.39, 0.29) is 17.0 Å². The SMILES string of the molecule is Cc1c(-c2cnc(C(N)=O)c3c2-c2ccc(O)cc2C3)cccc1-n1cnc2ccccc2c1=O. The van der Waals surface area contributed by atoms with Crippen molar-refractivity contribution < 1.29 is 9.90 Å². The molecule has 0 bridgehead atoms. The van der Waals surface area contributed by atoms with Crippen LogP contribution >= 0.6 is 0 Å². The van der Waals surface area contributed by atoms with Gasteiger partial charge in [-0.25, -0.2) is 4.98 Å². The quantitative estimate of drug-likeness (QED) is 0.413. The number of nitrogens with two attached hydrogens (primary N) is 1. The van der Waals surface area contributed by atoms with E-state index in [1.165, 1.54) is 0 Å². The number of phenolic OH excluding ortho intramolecular Hbond substituents is 1. The highest BCUT2D eigenvalue weighted by molar-refractivity contribution is 6.00. The number of benzene rings is 3. The summed E-state index contributed by atoms with van der Waals surface area (Å²) in [6.07, 6.45) is 3.66. The molecule has 1 aliphatic carbocycles. The summed E-state index contributed by atoms with van der Waals surface area (Å²) in [6.45, 7) is 1.95. The first-order valence-corrected chi connectivity index (χ1v) is 11.1. The number of carbonyl (C=O) groups is 1. The minimum atomic E-state index is -0.593. The summed E-state index contributed by atoms with van der Waals surface area (Å²) < 4.78 is 1.55. The zero-order valence-electron chi connectivity index (χ0n) is 18.8. The normalized spacial score (nSPS) is 11.9. The van der Waals surface area contributed by atoms with Crippen LogP contribution in [0.3, 0.4) is 0 Å². The van der Waals surface area contributed by atoms with Gasteiger partial charge >= 0.3 is 0 Å². The van der Waals surface area contributed by atoms with E-state index in [0.717, 1.165) is 38.9 Å². The maximum atomic E-state index is 13.3. The fourth-order valence-electron chi connectivity index (χ4n) is 5.03. The third-order valence-electron chi connectivity index (χ3n) is 6.66. The maximum absolute atomic E-state index is 13.3. The largest absolute Gasteiger partial charge is 0.508 e. The van der Waals surface area contributed by atoms with Crippen molar-refractivity contribution in [3.63, 3.8) is 0 Å². The van der Waals surface area contributed by atoms with E-state index in [2.05, 4.69) is 9.97 Å². The Hall–Kier alpha value is -4.78. The number of amides is 1. The first kappa shape index (κ1) is 20.8. The van der Waals surface area contributed by atoms with Crippen LogP contribution in [-0.4, -0.2) is 25.5 Å². The van der Waals surface area contributed by atoms with Gasteiger partial charge in [-0.2, -0.15) is 0 Å². The minimum Gasteiger partial charge on any atom is -0.508 e. The standard InChI is InChI=1S/C28H20N4O3/c1-15-18(6-4-8-24(15)32-14-31-23-7-3-2-5-20(23)28(32)35)22-13-30-26(27(29)34)21-12-16-11-17(33)9-10-19(16)25(21)22/h2-11,13-14,33H,12H2,1H3,(H2,29,34). The molecule has 0 aliphatic heterocycles. The fourth-order valence-corrected chi connectivity index (χ4v) is 5.03. The van der Waals surface area contributed by atoms with Crippen molar-refractivity contribution in [3.05, 3.63) is 106 Å². The molecule has 35 heavy (non-hydrogen) atoms. The molecule has 7 heteroatoms. The molecule has 1 aliphatic rings. The van der Waals surface area contributed by atoms with E-state index in [4.69, 9.17) is 5.73 Å². The van der Waals surface area contributed by atoms with Gasteiger partial charge in [0, 0.05) is 18.2 Å². The number of aromatic hydroxyl groups is 1. The number of phenols is 1. The monoisotopic (exact) mass is 460 g/mol. The van der Waals surface area contributed by atoms with Crippen molar-refractivity contribution in [1.29, 1.82) is 0 Å². The van der Waals surface area contributed by atoms with E-state index in [1.54, 1.807) is 35.3 Å². The number of para-hydroxylation sites is 1. The van der Waals surface area contributed by atoms with E-state index < -0.39 is 5.91 Å². The summed E-state index contributed by atoms with van der Waals surface area (Å²) in [7, 11) is 0. The highest BCUT2D eigenvalue weighted by Gasteiger charge is 2.28. The number of aromatic nitrogens is 3. The molecule has 1 amide bonds. The number of nitrogens with zero attached hydrogens (tertiary/aromatic N) is 3. The average Bonchev–Trinajstić information content (AvgIpc) is 3.23. The van der Waals surface area contributed by atoms with Gasteiger partial charge in [-0.15, -0.1) is 0 Å². The van der Waals surface area contributed by atoms with Crippen LogP contribution in [0.1, 0.15) is 27.2 Å². The third-order valence-corrected chi connectivity index (χ3v) is 6.66. The van der Waals surface area contributed by atoms with Gasteiger partial charge < -0.3 is 10.8 Å². The molecular formula is C28H20N4O3. The summed E-state index contributed by atoms with van der Waals surface area (Å²) in [5.41, 5.74) is 13.1. The van der Waals surface area contributed by atoms with E-state index in [1.807, 2.05) is 49.4 Å². The molecule has 0 fully saturated rings. The number of hydrogen-bond acceptors (Lipinski definition) is 5. The van der Waals surface area contributed by atoms with Gasteiger partial charge in [-0.3, -0.25) is 19.1 Å².